The lowest BCUT2D eigenvalue weighted by Crippen LogP contribution is -2.23. The minimum Gasteiger partial charge on any atom is -0.489 e. The van der Waals surface area contributed by atoms with Crippen LogP contribution in [-0.2, 0) is 13.0 Å². The molecule has 0 fully saturated rings. The molecule has 0 atom stereocenters. The van der Waals surface area contributed by atoms with Crippen LogP contribution in [0.4, 0.5) is 0 Å². The first-order valence-corrected chi connectivity index (χ1v) is 8.20. The maximum absolute atomic E-state index is 7.57. The molecule has 0 aliphatic rings. The number of nitrogen functional groups attached to an aromatic ring is 1. The minimum atomic E-state index is -0.0588. The normalized spacial score (nSPS) is 10.6. The van der Waals surface area contributed by atoms with Crippen LogP contribution in [0.2, 0.25) is 0 Å². The monoisotopic (exact) mass is 334 g/mol. The van der Waals surface area contributed by atoms with E-state index in [4.69, 9.17) is 15.9 Å². The van der Waals surface area contributed by atoms with Crippen molar-refractivity contribution in [1.29, 1.82) is 5.41 Å². The van der Waals surface area contributed by atoms with E-state index < -0.39 is 0 Å². The zero-order valence-corrected chi connectivity index (χ0v) is 14.5. The molecule has 0 bridgehead atoms. The minimum absolute atomic E-state index is 0.0588. The first-order chi connectivity index (χ1) is 12.0. The number of rotatable bonds is 5. The van der Waals surface area contributed by atoms with Gasteiger partial charge in [0.1, 0.15) is 12.4 Å². The number of aryl methyl sites for hydroxylation is 1. The predicted molar refractivity (Wildman–Crippen MR) is 99.0 cm³/mol. The summed E-state index contributed by atoms with van der Waals surface area (Å²) in [5, 5.41) is 11.9. The molecule has 1 heterocycles. The van der Waals surface area contributed by atoms with Crippen LogP contribution >= 0.6 is 0 Å². The molecular weight excluding hydrogens is 312 g/mol. The number of nitrogens with zero attached hydrogens (tertiary/aromatic N) is 2. The van der Waals surface area contributed by atoms with Gasteiger partial charge in [0, 0.05) is 17.7 Å². The number of ether oxygens (including phenoxy) is 1. The van der Waals surface area contributed by atoms with Gasteiger partial charge in [0.25, 0.3) is 0 Å². The van der Waals surface area contributed by atoms with E-state index in [0.717, 1.165) is 34.7 Å². The van der Waals surface area contributed by atoms with Gasteiger partial charge >= 0.3 is 0 Å². The van der Waals surface area contributed by atoms with Gasteiger partial charge < -0.3 is 10.5 Å². The van der Waals surface area contributed by atoms with E-state index in [0.29, 0.717) is 6.61 Å². The van der Waals surface area contributed by atoms with Crippen LogP contribution in [0, 0.1) is 19.3 Å². The second-order valence-electron chi connectivity index (χ2n) is 6.04. The second kappa shape index (κ2) is 7.21. The van der Waals surface area contributed by atoms with Crippen molar-refractivity contribution in [3.8, 4) is 5.75 Å². The predicted octanol–water partition coefficient (Wildman–Crippen LogP) is 3.41. The molecule has 0 saturated heterocycles. The van der Waals surface area contributed by atoms with Crippen molar-refractivity contribution in [2.75, 3.05) is 0 Å². The van der Waals surface area contributed by atoms with Gasteiger partial charge in [-0.25, -0.2) is 4.68 Å². The maximum atomic E-state index is 7.57. The van der Waals surface area contributed by atoms with Gasteiger partial charge in [-0.1, -0.05) is 42.5 Å². The van der Waals surface area contributed by atoms with E-state index in [9.17, 15) is 0 Å². The fourth-order valence-corrected chi connectivity index (χ4v) is 2.81. The Balaban J connectivity index is 1.68. The van der Waals surface area contributed by atoms with E-state index in [1.807, 2.05) is 56.3 Å². The van der Waals surface area contributed by atoms with Crippen molar-refractivity contribution in [3.63, 3.8) is 0 Å². The molecule has 0 aliphatic carbocycles. The molecule has 0 amide bonds. The highest BCUT2D eigenvalue weighted by molar-refractivity contribution is 5.77. The number of benzene rings is 2. The van der Waals surface area contributed by atoms with E-state index in [1.165, 1.54) is 10.2 Å². The van der Waals surface area contributed by atoms with Crippen LogP contribution in [-0.4, -0.2) is 15.7 Å². The Morgan fingerprint density at radius 1 is 1.04 bits per heavy atom. The largest absolute Gasteiger partial charge is 0.489 e. The number of aromatic nitrogens is 2. The SMILES string of the molecule is Cc1nn(C(=N)N)c(C)c1Cc1ccc(OCc2ccccc2)cc1. The average Bonchev–Trinajstić information content (AvgIpc) is 2.90. The standard InChI is InChI=1S/C20H22N4O/c1-14-19(15(2)24(23-14)20(21)22)12-16-8-10-18(11-9-16)25-13-17-6-4-3-5-7-17/h3-11H,12-13H2,1-2H3,(H3,21,22). The van der Waals surface area contributed by atoms with E-state index in [2.05, 4.69) is 17.2 Å². The first kappa shape index (κ1) is 16.8. The van der Waals surface area contributed by atoms with Gasteiger partial charge in [-0.05, 0) is 37.1 Å². The quantitative estimate of drug-likeness (QED) is 0.554. The number of hydrogen-bond donors (Lipinski definition) is 2. The topological polar surface area (TPSA) is 76.9 Å². The molecule has 3 rings (SSSR count). The Bertz CT molecular complexity index is 867. The third-order valence-corrected chi connectivity index (χ3v) is 4.22. The van der Waals surface area contributed by atoms with E-state index in [1.54, 1.807) is 0 Å². The molecule has 0 radical (unpaired) electrons. The lowest BCUT2D eigenvalue weighted by atomic mass is 10.0. The van der Waals surface area contributed by atoms with Gasteiger partial charge in [0.05, 0.1) is 5.69 Å². The lowest BCUT2D eigenvalue weighted by molar-refractivity contribution is 0.306. The molecule has 25 heavy (non-hydrogen) atoms. The Kier molecular flexibility index (Phi) is 4.84. The molecule has 3 aromatic rings. The average molecular weight is 334 g/mol. The Morgan fingerprint density at radius 3 is 2.32 bits per heavy atom. The zero-order chi connectivity index (χ0) is 17.8. The molecule has 0 saturated carbocycles. The summed E-state index contributed by atoms with van der Waals surface area (Å²) in [5.41, 5.74) is 10.8. The van der Waals surface area contributed by atoms with Gasteiger partial charge in [0.2, 0.25) is 5.96 Å². The number of nitrogens with two attached hydrogens (primary N) is 1. The molecule has 0 unspecified atom stereocenters. The molecule has 3 N–H and O–H groups in total. The highest BCUT2D eigenvalue weighted by Crippen LogP contribution is 2.20. The van der Waals surface area contributed by atoms with E-state index >= 15 is 0 Å². The van der Waals surface area contributed by atoms with Gasteiger partial charge in [0.15, 0.2) is 0 Å². The van der Waals surface area contributed by atoms with Crippen molar-refractivity contribution in [2.24, 2.45) is 5.73 Å². The van der Waals surface area contributed by atoms with Crippen molar-refractivity contribution in [1.82, 2.24) is 9.78 Å². The second-order valence-corrected chi connectivity index (χ2v) is 6.04. The van der Waals surface area contributed by atoms with Crippen LogP contribution < -0.4 is 10.5 Å². The summed E-state index contributed by atoms with van der Waals surface area (Å²) in [4.78, 5) is 0. The Hall–Kier alpha value is -3.08. The Labute approximate surface area is 147 Å². The highest BCUT2D eigenvalue weighted by atomic mass is 16.5. The molecule has 5 nitrogen and oxygen atoms in total. The molecule has 0 aliphatic heterocycles. The Morgan fingerprint density at radius 2 is 1.72 bits per heavy atom. The third kappa shape index (κ3) is 3.88. The van der Waals surface area contributed by atoms with Gasteiger partial charge in [-0.2, -0.15) is 5.10 Å². The summed E-state index contributed by atoms with van der Waals surface area (Å²) in [6.07, 6.45) is 0.754. The fraction of sp³-hybridized carbons (Fsp3) is 0.200. The van der Waals surface area contributed by atoms with Crippen molar-refractivity contribution < 1.29 is 4.74 Å². The molecular formula is C20H22N4O. The van der Waals surface area contributed by atoms with Crippen LogP contribution in [0.15, 0.2) is 54.6 Å². The summed E-state index contributed by atoms with van der Waals surface area (Å²) >= 11 is 0. The highest BCUT2D eigenvalue weighted by Gasteiger charge is 2.13. The molecule has 5 heteroatoms. The summed E-state index contributed by atoms with van der Waals surface area (Å²) in [7, 11) is 0. The summed E-state index contributed by atoms with van der Waals surface area (Å²) in [5.74, 6) is 0.789. The number of hydrogen-bond acceptors (Lipinski definition) is 3. The zero-order valence-electron chi connectivity index (χ0n) is 14.5. The summed E-state index contributed by atoms with van der Waals surface area (Å²) in [6, 6.07) is 18.2. The molecule has 2 aromatic carbocycles. The van der Waals surface area contributed by atoms with Crippen LogP contribution in [0.25, 0.3) is 0 Å². The molecule has 128 valence electrons. The summed E-state index contributed by atoms with van der Waals surface area (Å²) < 4.78 is 7.29. The summed E-state index contributed by atoms with van der Waals surface area (Å²) in [6.45, 7) is 4.44. The maximum Gasteiger partial charge on any atom is 0.213 e. The van der Waals surface area contributed by atoms with Crippen LogP contribution in [0.5, 0.6) is 5.75 Å². The number of nitrogens with one attached hydrogen (secondary N) is 1. The third-order valence-electron chi connectivity index (χ3n) is 4.22. The van der Waals surface area contributed by atoms with Crippen molar-refractivity contribution in [2.45, 2.75) is 26.9 Å². The lowest BCUT2D eigenvalue weighted by Gasteiger charge is -2.08. The van der Waals surface area contributed by atoms with Crippen LogP contribution in [0.3, 0.4) is 0 Å². The molecule has 0 spiro atoms. The first-order valence-electron chi connectivity index (χ1n) is 8.20. The molecule has 1 aromatic heterocycles. The van der Waals surface area contributed by atoms with Crippen molar-refractivity contribution in [3.05, 3.63) is 82.7 Å². The van der Waals surface area contributed by atoms with Gasteiger partial charge in [-0.15, -0.1) is 0 Å². The smallest absolute Gasteiger partial charge is 0.213 e. The fourth-order valence-electron chi connectivity index (χ4n) is 2.81. The van der Waals surface area contributed by atoms with Gasteiger partial charge in [-0.3, -0.25) is 5.41 Å². The van der Waals surface area contributed by atoms with Crippen LogP contribution in [0.1, 0.15) is 28.1 Å². The van der Waals surface area contributed by atoms with Crippen molar-refractivity contribution >= 4 is 5.96 Å². The van der Waals surface area contributed by atoms with E-state index in [-0.39, 0.29) is 5.96 Å².